The van der Waals surface area contributed by atoms with Crippen molar-refractivity contribution >= 4 is 21.8 Å². The number of rotatable bonds is 6. The van der Waals surface area contributed by atoms with Gasteiger partial charge in [0.2, 0.25) is 5.91 Å². The molecule has 0 aliphatic carbocycles. The Morgan fingerprint density at radius 3 is 2.78 bits per heavy atom. The van der Waals surface area contributed by atoms with Gasteiger partial charge in [0.25, 0.3) is 0 Å². The fourth-order valence-corrected chi connectivity index (χ4v) is 1.88. The van der Waals surface area contributed by atoms with Crippen LogP contribution in [0.5, 0.6) is 5.75 Å². The van der Waals surface area contributed by atoms with E-state index in [0.717, 1.165) is 15.8 Å². The molecular formula is C13H19BrN2O2. The smallest absolute Gasteiger partial charge is 0.234 e. The van der Waals surface area contributed by atoms with Gasteiger partial charge in [-0.15, -0.1) is 0 Å². The number of hydrogen-bond donors (Lipinski definition) is 2. The third-order valence-electron chi connectivity index (χ3n) is 2.30. The Kier molecular flexibility index (Phi) is 6.15. The zero-order chi connectivity index (χ0) is 13.5. The molecule has 4 nitrogen and oxygen atoms in total. The number of halogens is 1. The quantitative estimate of drug-likeness (QED) is 0.845. The summed E-state index contributed by atoms with van der Waals surface area (Å²) in [6.07, 6.45) is 0. The van der Waals surface area contributed by atoms with E-state index in [1.807, 2.05) is 32.0 Å². The largest absolute Gasteiger partial charge is 0.497 e. The highest BCUT2D eigenvalue weighted by atomic mass is 79.9. The van der Waals surface area contributed by atoms with Crippen LogP contribution in [0.1, 0.15) is 19.4 Å². The lowest BCUT2D eigenvalue weighted by Crippen LogP contribution is -2.37. The molecule has 1 rings (SSSR count). The molecule has 0 radical (unpaired) electrons. The molecule has 5 heteroatoms. The molecule has 1 amide bonds. The standard InChI is InChI=1S/C13H19BrN2O2/c1-9(2)16-13(17)8-15-7-10-6-11(18-3)4-5-12(10)14/h4-6,9,15H,7-8H2,1-3H3,(H,16,17). The molecule has 1 aromatic rings. The number of carbonyl (C=O) groups is 1. The maximum Gasteiger partial charge on any atom is 0.234 e. The Balaban J connectivity index is 2.46. The van der Waals surface area contributed by atoms with Gasteiger partial charge in [0, 0.05) is 17.1 Å². The van der Waals surface area contributed by atoms with Gasteiger partial charge in [0.15, 0.2) is 0 Å². The van der Waals surface area contributed by atoms with E-state index in [1.165, 1.54) is 0 Å². The first-order chi connectivity index (χ1) is 8.52. The minimum Gasteiger partial charge on any atom is -0.497 e. The molecule has 0 saturated heterocycles. The summed E-state index contributed by atoms with van der Waals surface area (Å²) in [6, 6.07) is 5.93. The van der Waals surface area contributed by atoms with Crippen LogP contribution in [0.15, 0.2) is 22.7 Å². The highest BCUT2D eigenvalue weighted by Crippen LogP contribution is 2.22. The first kappa shape index (κ1) is 15.0. The number of carbonyl (C=O) groups excluding carboxylic acids is 1. The van der Waals surface area contributed by atoms with Crippen LogP contribution >= 0.6 is 15.9 Å². The van der Waals surface area contributed by atoms with Gasteiger partial charge in [0.1, 0.15) is 5.75 Å². The molecule has 0 bridgehead atoms. The summed E-state index contributed by atoms with van der Waals surface area (Å²) < 4.78 is 6.16. The molecule has 0 atom stereocenters. The Labute approximate surface area is 116 Å². The number of ether oxygens (including phenoxy) is 1. The van der Waals surface area contributed by atoms with E-state index < -0.39 is 0 Å². The van der Waals surface area contributed by atoms with E-state index in [1.54, 1.807) is 7.11 Å². The van der Waals surface area contributed by atoms with Crippen molar-refractivity contribution in [3.05, 3.63) is 28.2 Å². The van der Waals surface area contributed by atoms with Gasteiger partial charge in [0.05, 0.1) is 13.7 Å². The monoisotopic (exact) mass is 314 g/mol. The summed E-state index contributed by atoms with van der Waals surface area (Å²) in [4.78, 5) is 11.4. The predicted octanol–water partition coefficient (Wildman–Crippen LogP) is 2.07. The third-order valence-corrected chi connectivity index (χ3v) is 3.08. The van der Waals surface area contributed by atoms with E-state index in [-0.39, 0.29) is 11.9 Å². The van der Waals surface area contributed by atoms with Crippen molar-refractivity contribution in [2.24, 2.45) is 0 Å². The average Bonchev–Trinajstić information content (AvgIpc) is 2.30. The maximum atomic E-state index is 11.4. The summed E-state index contributed by atoms with van der Waals surface area (Å²) in [5.74, 6) is 0.811. The number of hydrogen-bond acceptors (Lipinski definition) is 3. The summed E-state index contributed by atoms with van der Waals surface area (Å²) in [5, 5.41) is 5.93. The molecule has 100 valence electrons. The predicted molar refractivity (Wildman–Crippen MR) is 75.7 cm³/mol. The lowest BCUT2D eigenvalue weighted by Gasteiger charge is -2.10. The Morgan fingerprint density at radius 1 is 1.44 bits per heavy atom. The van der Waals surface area contributed by atoms with E-state index >= 15 is 0 Å². The summed E-state index contributed by atoms with van der Waals surface area (Å²) in [7, 11) is 1.64. The number of amides is 1. The second-order valence-corrected chi connectivity index (χ2v) is 5.14. The second kappa shape index (κ2) is 7.38. The molecule has 2 N–H and O–H groups in total. The highest BCUT2D eigenvalue weighted by molar-refractivity contribution is 9.10. The van der Waals surface area contributed by atoms with Gasteiger partial charge < -0.3 is 15.4 Å². The van der Waals surface area contributed by atoms with Gasteiger partial charge in [-0.2, -0.15) is 0 Å². The maximum absolute atomic E-state index is 11.4. The van der Waals surface area contributed by atoms with Crippen molar-refractivity contribution in [1.82, 2.24) is 10.6 Å². The van der Waals surface area contributed by atoms with Crippen LogP contribution in [0.4, 0.5) is 0 Å². The molecular weight excluding hydrogens is 296 g/mol. The van der Waals surface area contributed by atoms with Gasteiger partial charge in [-0.1, -0.05) is 15.9 Å². The zero-order valence-corrected chi connectivity index (χ0v) is 12.5. The van der Waals surface area contributed by atoms with Crippen molar-refractivity contribution in [2.75, 3.05) is 13.7 Å². The highest BCUT2D eigenvalue weighted by Gasteiger charge is 2.05. The molecule has 0 heterocycles. The minimum absolute atomic E-state index is 0.00372. The van der Waals surface area contributed by atoms with E-state index in [4.69, 9.17) is 4.74 Å². The first-order valence-electron chi connectivity index (χ1n) is 5.85. The van der Waals surface area contributed by atoms with Gasteiger partial charge in [-0.25, -0.2) is 0 Å². The van der Waals surface area contributed by atoms with Crippen LogP contribution in [0, 0.1) is 0 Å². The number of nitrogens with one attached hydrogen (secondary N) is 2. The van der Waals surface area contributed by atoms with Crippen LogP contribution in [0.3, 0.4) is 0 Å². The molecule has 1 aromatic carbocycles. The second-order valence-electron chi connectivity index (χ2n) is 4.28. The lowest BCUT2D eigenvalue weighted by molar-refractivity contribution is -0.120. The fourth-order valence-electron chi connectivity index (χ4n) is 1.50. The average molecular weight is 315 g/mol. The minimum atomic E-state index is 0.00372. The summed E-state index contributed by atoms with van der Waals surface area (Å²) in [6.45, 7) is 4.80. The lowest BCUT2D eigenvalue weighted by atomic mass is 10.2. The van der Waals surface area contributed by atoms with Gasteiger partial charge in [-0.3, -0.25) is 4.79 Å². The van der Waals surface area contributed by atoms with Crippen molar-refractivity contribution in [3.8, 4) is 5.75 Å². The van der Waals surface area contributed by atoms with Crippen LogP contribution < -0.4 is 15.4 Å². The molecule has 0 spiro atoms. The van der Waals surface area contributed by atoms with Crippen LogP contribution in [-0.4, -0.2) is 25.6 Å². The third kappa shape index (κ3) is 5.06. The molecule has 0 saturated carbocycles. The van der Waals surface area contributed by atoms with Crippen molar-refractivity contribution < 1.29 is 9.53 Å². The van der Waals surface area contributed by atoms with Crippen LogP contribution in [-0.2, 0) is 11.3 Å². The van der Waals surface area contributed by atoms with E-state index in [9.17, 15) is 4.79 Å². The Morgan fingerprint density at radius 2 is 2.17 bits per heavy atom. The molecule has 0 aliphatic rings. The fraction of sp³-hybridized carbons (Fsp3) is 0.462. The Hall–Kier alpha value is -1.07. The van der Waals surface area contributed by atoms with Crippen molar-refractivity contribution in [1.29, 1.82) is 0 Å². The van der Waals surface area contributed by atoms with Crippen LogP contribution in [0.2, 0.25) is 0 Å². The SMILES string of the molecule is COc1ccc(Br)c(CNCC(=O)NC(C)C)c1. The molecule has 0 fully saturated rings. The zero-order valence-electron chi connectivity index (χ0n) is 10.9. The van der Waals surface area contributed by atoms with Crippen molar-refractivity contribution in [3.63, 3.8) is 0 Å². The van der Waals surface area contributed by atoms with Crippen molar-refractivity contribution in [2.45, 2.75) is 26.4 Å². The first-order valence-corrected chi connectivity index (χ1v) is 6.64. The molecule has 18 heavy (non-hydrogen) atoms. The topological polar surface area (TPSA) is 50.4 Å². The molecule has 0 aliphatic heterocycles. The van der Waals surface area contributed by atoms with Gasteiger partial charge >= 0.3 is 0 Å². The summed E-state index contributed by atoms with van der Waals surface area (Å²) in [5.41, 5.74) is 1.06. The number of methoxy groups -OCH3 is 1. The molecule has 0 unspecified atom stereocenters. The van der Waals surface area contributed by atoms with E-state index in [0.29, 0.717) is 13.1 Å². The summed E-state index contributed by atoms with van der Waals surface area (Å²) >= 11 is 3.47. The van der Waals surface area contributed by atoms with E-state index in [2.05, 4.69) is 26.6 Å². The van der Waals surface area contributed by atoms with Crippen LogP contribution in [0.25, 0.3) is 0 Å². The molecule has 0 aromatic heterocycles. The normalized spacial score (nSPS) is 10.5. The van der Waals surface area contributed by atoms with Gasteiger partial charge in [-0.05, 0) is 37.6 Å². The number of benzene rings is 1. The Bertz CT molecular complexity index is 408.